The number of benzene rings is 2. The Labute approximate surface area is 236 Å². The van der Waals surface area contributed by atoms with E-state index in [2.05, 4.69) is 20.7 Å². The van der Waals surface area contributed by atoms with Gasteiger partial charge in [0.05, 0.1) is 14.2 Å². The van der Waals surface area contributed by atoms with Crippen molar-refractivity contribution < 1.29 is 19.1 Å². The van der Waals surface area contributed by atoms with E-state index in [9.17, 15) is 9.59 Å². The number of carbonyl (C=O) groups excluding carboxylic acids is 2. The van der Waals surface area contributed by atoms with Gasteiger partial charge in [0.2, 0.25) is 17.6 Å². The van der Waals surface area contributed by atoms with Gasteiger partial charge in [-0.05, 0) is 71.5 Å². The quantitative estimate of drug-likeness (QED) is 0.292. The number of hydrogen-bond acceptors (Lipinski definition) is 8. The van der Waals surface area contributed by atoms with Crippen LogP contribution < -0.4 is 14.8 Å². The molecule has 1 aliphatic rings. The van der Waals surface area contributed by atoms with E-state index in [0.29, 0.717) is 11.6 Å². The Bertz CT molecular complexity index is 1400. The van der Waals surface area contributed by atoms with E-state index < -0.39 is 6.04 Å². The smallest absolute Gasteiger partial charge is 0.248 e. The second-order valence-corrected chi connectivity index (χ2v) is 10.6. The van der Waals surface area contributed by atoms with Crippen molar-refractivity contribution in [3.8, 4) is 22.9 Å². The van der Waals surface area contributed by atoms with Crippen molar-refractivity contribution in [3.05, 3.63) is 76.5 Å². The molecule has 0 spiro atoms. The van der Waals surface area contributed by atoms with Gasteiger partial charge in [-0.2, -0.15) is 4.80 Å². The van der Waals surface area contributed by atoms with Crippen LogP contribution in [0.1, 0.15) is 42.2 Å². The first-order valence-corrected chi connectivity index (χ1v) is 14.1. The number of ether oxygens (including phenoxy) is 2. The fraction of sp³-hybridized carbons (Fsp3) is 0.345. The van der Waals surface area contributed by atoms with Gasteiger partial charge in [-0.1, -0.05) is 31.0 Å². The number of aromatic nitrogens is 4. The van der Waals surface area contributed by atoms with Gasteiger partial charge >= 0.3 is 0 Å². The van der Waals surface area contributed by atoms with Crippen LogP contribution >= 0.6 is 11.3 Å². The summed E-state index contributed by atoms with van der Waals surface area (Å²) in [5.41, 5.74) is 1.62. The average Bonchev–Trinajstić information content (AvgIpc) is 3.77. The van der Waals surface area contributed by atoms with Gasteiger partial charge in [-0.15, -0.1) is 21.5 Å². The van der Waals surface area contributed by atoms with Crippen LogP contribution in [0.4, 0.5) is 0 Å². The highest BCUT2D eigenvalue weighted by molar-refractivity contribution is 7.10. The topological polar surface area (TPSA) is 111 Å². The van der Waals surface area contributed by atoms with Gasteiger partial charge in [0.15, 0.2) is 0 Å². The molecule has 1 atom stereocenters. The summed E-state index contributed by atoms with van der Waals surface area (Å²) in [6.07, 6.45) is 4.09. The van der Waals surface area contributed by atoms with E-state index in [4.69, 9.17) is 9.47 Å². The molecule has 0 radical (unpaired) electrons. The minimum Gasteiger partial charge on any atom is -0.497 e. The largest absolute Gasteiger partial charge is 0.497 e. The number of rotatable bonds is 11. The third-order valence-corrected chi connectivity index (χ3v) is 7.91. The number of nitrogens with zero attached hydrogens (tertiary/aromatic N) is 5. The van der Waals surface area contributed by atoms with Crippen LogP contribution in [-0.2, 0) is 22.7 Å². The van der Waals surface area contributed by atoms with E-state index in [1.54, 1.807) is 19.1 Å². The Morgan fingerprint density at radius 3 is 2.33 bits per heavy atom. The molecule has 0 unspecified atom stereocenters. The van der Waals surface area contributed by atoms with E-state index in [0.717, 1.165) is 47.4 Å². The highest BCUT2D eigenvalue weighted by Gasteiger charge is 2.34. The first kappa shape index (κ1) is 27.3. The van der Waals surface area contributed by atoms with Gasteiger partial charge < -0.3 is 19.7 Å². The van der Waals surface area contributed by atoms with Crippen molar-refractivity contribution in [2.45, 2.75) is 50.9 Å². The van der Waals surface area contributed by atoms with Crippen LogP contribution in [0.3, 0.4) is 0 Å². The number of amides is 2. The number of thiophene rings is 1. The summed E-state index contributed by atoms with van der Waals surface area (Å²) in [7, 11) is 3.21. The molecule has 4 aromatic rings. The van der Waals surface area contributed by atoms with Crippen LogP contribution in [0.2, 0.25) is 0 Å². The summed E-state index contributed by atoms with van der Waals surface area (Å²) in [6, 6.07) is 17.9. The Morgan fingerprint density at radius 2 is 1.70 bits per heavy atom. The van der Waals surface area contributed by atoms with E-state index in [1.807, 2.05) is 66.0 Å². The summed E-state index contributed by atoms with van der Waals surface area (Å²) in [4.78, 5) is 31.3. The molecule has 1 fully saturated rings. The summed E-state index contributed by atoms with van der Waals surface area (Å²) < 4.78 is 10.5. The molecule has 1 N–H and O–H groups in total. The molecule has 1 aliphatic carbocycles. The lowest BCUT2D eigenvalue weighted by atomic mass is 10.1. The van der Waals surface area contributed by atoms with E-state index in [-0.39, 0.29) is 30.9 Å². The number of hydrogen-bond donors (Lipinski definition) is 1. The van der Waals surface area contributed by atoms with Crippen LogP contribution in [0.25, 0.3) is 11.4 Å². The molecule has 11 heteroatoms. The maximum atomic E-state index is 13.9. The average molecular weight is 561 g/mol. The van der Waals surface area contributed by atoms with Crippen molar-refractivity contribution in [1.82, 2.24) is 30.4 Å². The molecule has 40 heavy (non-hydrogen) atoms. The summed E-state index contributed by atoms with van der Waals surface area (Å²) in [6.45, 7) is 0.0570. The zero-order chi connectivity index (χ0) is 27.9. The molecule has 2 aromatic heterocycles. The van der Waals surface area contributed by atoms with Crippen LogP contribution in [0.15, 0.2) is 66.0 Å². The molecular weight excluding hydrogens is 528 g/mol. The minimum absolute atomic E-state index is 0.122. The molecule has 1 saturated carbocycles. The van der Waals surface area contributed by atoms with Crippen molar-refractivity contribution >= 4 is 23.2 Å². The molecule has 0 bridgehead atoms. The van der Waals surface area contributed by atoms with Gasteiger partial charge in [-0.25, -0.2) is 0 Å². The second-order valence-electron chi connectivity index (χ2n) is 9.65. The highest BCUT2D eigenvalue weighted by Crippen LogP contribution is 2.29. The van der Waals surface area contributed by atoms with Crippen LogP contribution in [0, 0.1) is 0 Å². The van der Waals surface area contributed by atoms with Crippen molar-refractivity contribution in [1.29, 1.82) is 0 Å². The van der Waals surface area contributed by atoms with Crippen LogP contribution in [-0.4, -0.2) is 57.2 Å². The zero-order valence-corrected chi connectivity index (χ0v) is 23.3. The molecule has 0 saturated heterocycles. The summed E-state index contributed by atoms with van der Waals surface area (Å²) in [5, 5.41) is 17.8. The third kappa shape index (κ3) is 6.48. The summed E-state index contributed by atoms with van der Waals surface area (Å²) in [5.74, 6) is 1.35. The van der Waals surface area contributed by atoms with Gasteiger partial charge in [0.25, 0.3) is 0 Å². The number of tetrazole rings is 1. The predicted octanol–water partition coefficient (Wildman–Crippen LogP) is 4.25. The van der Waals surface area contributed by atoms with Gasteiger partial charge in [0.1, 0.15) is 24.1 Å². The van der Waals surface area contributed by atoms with Crippen molar-refractivity contribution in [3.63, 3.8) is 0 Å². The lowest BCUT2D eigenvalue weighted by Gasteiger charge is -2.31. The Hall–Kier alpha value is -4.25. The lowest BCUT2D eigenvalue weighted by molar-refractivity contribution is -0.142. The Kier molecular flexibility index (Phi) is 8.70. The fourth-order valence-corrected chi connectivity index (χ4v) is 5.68. The fourth-order valence-electron chi connectivity index (χ4n) is 4.85. The third-order valence-electron chi connectivity index (χ3n) is 6.98. The summed E-state index contributed by atoms with van der Waals surface area (Å²) >= 11 is 1.45. The van der Waals surface area contributed by atoms with Crippen molar-refractivity contribution in [2.24, 2.45) is 0 Å². The first-order valence-electron chi connectivity index (χ1n) is 13.2. The number of methoxy groups -OCH3 is 2. The molecule has 208 valence electrons. The SMILES string of the molecule is COc1ccc(CN(C(=O)Cn2nnc(-c3ccc(OC)cc3)n2)[C@H](C(=O)NC2CCCC2)c2cccs2)cc1. The minimum atomic E-state index is -0.792. The first-order chi connectivity index (χ1) is 19.5. The number of nitrogens with one attached hydrogen (secondary N) is 1. The zero-order valence-electron chi connectivity index (χ0n) is 22.5. The molecule has 5 rings (SSSR count). The lowest BCUT2D eigenvalue weighted by Crippen LogP contribution is -2.46. The maximum Gasteiger partial charge on any atom is 0.248 e. The molecule has 0 aliphatic heterocycles. The Balaban J connectivity index is 1.42. The van der Waals surface area contributed by atoms with Gasteiger partial charge in [0, 0.05) is 23.0 Å². The second kappa shape index (κ2) is 12.7. The normalized spacial score (nSPS) is 14.1. The molecule has 2 heterocycles. The molecular formula is C29H32N6O4S. The monoisotopic (exact) mass is 560 g/mol. The molecule has 2 aromatic carbocycles. The number of carbonyl (C=O) groups is 2. The van der Waals surface area contributed by atoms with Gasteiger partial charge in [-0.3, -0.25) is 9.59 Å². The predicted molar refractivity (Wildman–Crippen MR) is 151 cm³/mol. The van der Waals surface area contributed by atoms with E-state index >= 15 is 0 Å². The standard InChI is InChI=1S/C29H32N6O4S/c1-38-23-13-9-20(10-14-23)18-34(27(25-8-5-17-40-25)29(37)30-22-6-3-4-7-22)26(36)19-35-32-28(31-33-35)21-11-15-24(39-2)16-12-21/h5,8-17,22,27H,3-4,6-7,18-19H2,1-2H3,(H,30,37)/t27-/m0/s1. The molecule has 10 nitrogen and oxygen atoms in total. The maximum absolute atomic E-state index is 13.9. The Morgan fingerprint density at radius 1 is 1.02 bits per heavy atom. The van der Waals surface area contributed by atoms with Crippen LogP contribution in [0.5, 0.6) is 11.5 Å². The van der Waals surface area contributed by atoms with E-state index in [1.165, 1.54) is 16.1 Å². The molecule has 2 amide bonds. The highest BCUT2D eigenvalue weighted by atomic mass is 32.1. The van der Waals surface area contributed by atoms with Crippen molar-refractivity contribution in [2.75, 3.05) is 14.2 Å².